The van der Waals surface area contributed by atoms with Crippen molar-refractivity contribution in [3.63, 3.8) is 0 Å². The third-order valence-corrected chi connectivity index (χ3v) is 3.87. The zero-order valence-electron chi connectivity index (χ0n) is 14.3. The van der Waals surface area contributed by atoms with Crippen molar-refractivity contribution < 1.29 is 22.7 Å². The maximum atomic E-state index is 12.1. The summed E-state index contributed by atoms with van der Waals surface area (Å²) in [6.07, 6.45) is -0.843. The molecule has 1 aliphatic rings. The lowest BCUT2D eigenvalue weighted by molar-refractivity contribution is -0.274. The molecule has 0 bridgehead atoms. The number of rotatable bonds is 5. The zero-order chi connectivity index (χ0) is 19.3. The van der Waals surface area contributed by atoms with Gasteiger partial charge in [-0.1, -0.05) is 0 Å². The van der Waals surface area contributed by atoms with Gasteiger partial charge in [0, 0.05) is 25.0 Å². The molecule has 1 aromatic carbocycles. The number of aromatic nitrogens is 2. The van der Waals surface area contributed by atoms with E-state index in [0.29, 0.717) is 11.5 Å². The molecule has 1 aliphatic heterocycles. The number of alkyl halides is 3. The summed E-state index contributed by atoms with van der Waals surface area (Å²) in [5.41, 5.74) is 0.328. The van der Waals surface area contributed by atoms with Crippen LogP contribution in [0.5, 0.6) is 5.75 Å². The highest BCUT2D eigenvalue weighted by Gasteiger charge is 2.30. The number of hydrogen-bond donors (Lipinski definition) is 2. The number of hydrogen-bond acceptors (Lipinski definition) is 5. The molecule has 0 saturated carbocycles. The van der Waals surface area contributed by atoms with Gasteiger partial charge in [-0.15, -0.1) is 13.2 Å². The van der Waals surface area contributed by atoms with Gasteiger partial charge < -0.3 is 20.3 Å². The van der Waals surface area contributed by atoms with Gasteiger partial charge in [0.25, 0.3) is 0 Å². The standard InChI is InChI=1S/C17H18F3N5O2/c18-17(19,20)27-13-5-3-12(4-6-13)23-16(26)22-11-14-21-8-7-15(24-14)25-9-1-2-10-25/h3-8H,1-2,9-11H2,(H2,22,23,26). The fourth-order valence-corrected chi connectivity index (χ4v) is 2.67. The Labute approximate surface area is 153 Å². The van der Waals surface area contributed by atoms with E-state index in [2.05, 4.69) is 30.2 Å². The van der Waals surface area contributed by atoms with Crippen LogP contribution in [0.4, 0.5) is 29.5 Å². The summed E-state index contributed by atoms with van der Waals surface area (Å²) in [6, 6.07) is 6.17. The molecule has 1 fully saturated rings. The number of halogens is 3. The normalized spacial score (nSPS) is 14.1. The minimum Gasteiger partial charge on any atom is -0.406 e. The molecule has 0 atom stereocenters. The molecule has 10 heteroatoms. The van der Waals surface area contributed by atoms with E-state index in [1.54, 1.807) is 6.20 Å². The quantitative estimate of drug-likeness (QED) is 0.831. The van der Waals surface area contributed by atoms with Gasteiger partial charge in [-0.3, -0.25) is 0 Å². The third kappa shape index (κ3) is 5.73. The maximum absolute atomic E-state index is 12.1. The van der Waals surface area contributed by atoms with Crippen LogP contribution in [-0.2, 0) is 6.54 Å². The van der Waals surface area contributed by atoms with Crippen LogP contribution in [0.3, 0.4) is 0 Å². The predicted molar refractivity (Wildman–Crippen MR) is 92.5 cm³/mol. The Balaban J connectivity index is 1.50. The van der Waals surface area contributed by atoms with Crippen molar-refractivity contribution in [3.05, 3.63) is 42.4 Å². The van der Waals surface area contributed by atoms with Crippen LogP contribution in [0.15, 0.2) is 36.5 Å². The van der Waals surface area contributed by atoms with E-state index < -0.39 is 12.4 Å². The highest BCUT2D eigenvalue weighted by atomic mass is 19.4. The summed E-state index contributed by atoms with van der Waals surface area (Å²) in [6.45, 7) is 2.04. The maximum Gasteiger partial charge on any atom is 0.573 e. The van der Waals surface area contributed by atoms with Gasteiger partial charge in [-0.05, 0) is 43.2 Å². The molecule has 0 unspecified atom stereocenters. The van der Waals surface area contributed by atoms with Crippen LogP contribution in [-0.4, -0.2) is 35.5 Å². The molecule has 0 aliphatic carbocycles. The summed E-state index contributed by atoms with van der Waals surface area (Å²) < 4.78 is 40.1. The summed E-state index contributed by atoms with van der Waals surface area (Å²) in [5, 5.41) is 5.13. The molecule has 27 heavy (non-hydrogen) atoms. The second kappa shape index (κ2) is 8.11. The van der Waals surface area contributed by atoms with E-state index in [-0.39, 0.29) is 12.3 Å². The van der Waals surface area contributed by atoms with Crippen LogP contribution in [0.1, 0.15) is 18.7 Å². The first-order valence-electron chi connectivity index (χ1n) is 8.36. The fraction of sp³-hybridized carbons (Fsp3) is 0.353. The van der Waals surface area contributed by atoms with Gasteiger partial charge in [0.2, 0.25) is 0 Å². The van der Waals surface area contributed by atoms with Gasteiger partial charge in [0.05, 0.1) is 6.54 Å². The van der Waals surface area contributed by atoms with Crippen LogP contribution >= 0.6 is 0 Å². The van der Waals surface area contributed by atoms with Crippen LogP contribution in [0.2, 0.25) is 0 Å². The lowest BCUT2D eigenvalue weighted by Gasteiger charge is -2.16. The number of nitrogens with one attached hydrogen (secondary N) is 2. The van der Waals surface area contributed by atoms with Crippen LogP contribution < -0.4 is 20.3 Å². The van der Waals surface area contributed by atoms with Gasteiger partial charge in [-0.2, -0.15) is 0 Å². The van der Waals surface area contributed by atoms with Gasteiger partial charge in [0.15, 0.2) is 0 Å². The molecule has 1 aromatic heterocycles. The predicted octanol–water partition coefficient (Wildman–Crippen LogP) is 3.30. The number of urea groups is 1. The molecule has 0 spiro atoms. The molecule has 2 N–H and O–H groups in total. The van der Waals surface area contributed by atoms with E-state index in [9.17, 15) is 18.0 Å². The Morgan fingerprint density at radius 1 is 1.15 bits per heavy atom. The monoisotopic (exact) mass is 381 g/mol. The topological polar surface area (TPSA) is 79.4 Å². The number of anilines is 2. The lowest BCUT2D eigenvalue weighted by Crippen LogP contribution is -2.29. The summed E-state index contributed by atoms with van der Waals surface area (Å²) in [5.74, 6) is 0.948. The Morgan fingerprint density at radius 3 is 2.52 bits per heavy atom. The lowest BCUT2D eigenvalue weighted by atomic mass is 10.3. The number of nitrogens with zero attached hydrogens (tertiary/aromatic N) is 3. The van der Waals surface area contributed by atoms with Crippen LogP contribution in [0.25, 0.3) is 0 Å². The summed E-state index contributed by atoms with van der Waals surface area (Å²) >= 11 is 0. The largest absolute Gasteiger partial charge is 0.573 e. The third-order valence-electron chi connectivity index (χ3n) is 3.87. The van der Waals surface area contributed by atoms with Crippen molar-refractivity contribution in [2.24, 2.45) is 0 Å². The summed E-state index contributed by atoms with van der Waals surface area (Å²) in [4.78, 5) is 22.7. The first kappa shape index (κ1) is 18.7. The Bertz CT molecular complexity index is 777. The minimum absolute atomic E-state index is 0.128. The molecule has 3 rings (SSSR count). The molecule has 2 aromatic rings. The van der Waals surface area contributed by atoms with E-state index in [1.165, 1.54) is 12.1 Å². The number of ether oxygens (including phenoxy) is 1. The smallest absolute Gasteiger partial charge is 0.406 e. The highest BCUT2D eigenvalue weighted by Crippen LogP contribution is 2.24. The van der Waals surface area contributed by atoms with E-state index >= 15 is 0 Å². The molecule has 144 valence electrons. The Hall–Kier alpha value is -3.04. The Kier molecular flexibility index (Phi) is 5.63. The van der Waals surface area contributed by atoms with E-state index in [1.807, 2.05) is 6.07 Å². The average molecular weight is 381 g/mol. The van der Waals surface area contributed by atoms with E-state index in [4.69, 9.17) is 0 Å². The van der Waals surface area contributed by atoms with Crippen molar-refractivity contribution in [1.82, 2.24) is 15.3 Å². The molecule has 1 saturated heterocycles. The van der Waals surface area contributed by atoms with Crippen molar-refractivity contribution in [2.45, 2.75) is 25.7 Å². The van der Waals surface area contributed by atoms with Gasteiger partial charge in [-0.25, -0.2) is 14.8 Å². The number of amides is 2. The molecular formula is C17H18F3N5O2. The number of benzene rings is 1. The number of carbonyl (C=O) groups is 1. The van der Waals surface area contributed by atoms with Crippen molar-refractivity contribution in [3.8, 4) is 5.75 Å². The molecule has 7 nitrogen and oxygen atoms in total. The fourth-order valence-electron chi connectivity index (χ4n) is 2.67. The Morgan fingerprint density at radius 2 is 1.85 bits per heavy atom. The zero-order valence-corrected chi connectivity index (χ0v) is 14.3. The molecular weight excluding hydrogens is 363 g/mol. The van der Waals surface area contributed by atoms with E-state index in [0.717, 1.165) is 43.9 Å². The minimum atomic E-state index is -4.75. The molecule has 0 radical (unpaired) electrons. The van der Waals surface area contributed by atoms with Crippen molar-refractivity contribution in [2.75, 3.05) is 23.3 Å². The molecule has 2 amide bonds. The van der Waals surface area contributed by atoms with Gasteiger partial charge >= 0.3 is 12.4 Å². The molecule has 2 heterocycles. The second-order valence-corrected chi connectivity index (χ2v) is 5.91. The highest BCUT2D eigenvalue weighted by molar-refractivity contribution is 5.89. The first-order valence-corrected chi connectivity index (χ1v) is 8.36. The second-order valence-electron chi connectivity index (χ2n) is 5.91. The van der Waals surface area contributed by atoms with Crippen molar-refractivity contribution >= 4 is 17.5 Å². The summed E-state index contributed by atoms with van der Waals surface area (Å²) in [7, 11) is 0. The van der Waals surface area contributed by atoms with Gasteiger partial charge in [0.1, 0.15) is 17.4 Å². The number of carbonyl (C=O) groups excluding carboxylic acids is 1. The average Bonchev–Trinajstić information content (AvgIpc) is 3.15. The SMILES string of the molecule is O=C(NCc1nccc(N2CCCC2)n1)Nc1ccc(OC(F)(F)F)cc1. The van der Waals surface area contributed by atoms with Crippen molar-refractivity contribution in [1.29, 1.82) is 0 Å². The first-order chi connectivity index (χ1) is 12.9. The van der Waals surface area contributed by atoms with Crippen LogP contribution in [0, 0.1) is 0 Å².